The molecule has 1 amide bonds. The van der Waals surface area contributed by atoms with Crippen LogP contribution < -0.4 is 0 Å². The van der Waals surface area contributed by atoms with E-state index in [1.54, 1.807) is 22.6 Å². The van der Waals surface area contributed by atoms with Gasteiger partial charge in [-0.05, 0) is 47.6 Å². The maximum absolute atomic E-state index is 14.0. The van der Waals surface area contributed by atoms with Gasteiger partial charge in [0.1, 0.15) is 15.5 Å². The predicted molar refractivity (Wildman–Crippen MR) is 80.1 cm³/mol. The van der Waals surface area contributed by atoms with Crippen LogP contribution in [0.4, 0.5) is 13.2 Å². The minimum absolute atomic E-state index is 0.00966. The van der Waals surface area contributed by atoms with Gasteiger partial charge in [0, 0.05) is 0 Å². The van der Waals surface area contributed by atoms with E-state index in [-0.39, 0.29) is 9.39 Å². The zero-order chi connectivity index (χ0) is 16.1. The molecule has 1 aromatic rings. The Labute approximate surface area is 138 Å². The number of rotatable bonds is 1. The van der Waals surface area contributed by atoms with E-state index in [1.807, 2.05) is 0 Å². The number of likely N-dealkylation sites (tertiary alicyclic amines) is 1. The van der Waals surface area contributed by atoms with Crippen LogP contribution in [0.5, 0.6) is 0 Å². The minimum atomic E-state index is -3.34. The number of aliphatic hydroxyl groups excluding tert-OH is 1. The molecule has 8 heteroatoms. The second kappa shape index (κ2) is 5.33. The molecule has 2 aliphatic rings. The lowest BCUT2D eigenvalue weighted by Crippen LogP contribution is -2.52. The highest BCUT2D eigenvalue weighted by atomic mass is 127. The van der Waals surface area contributed by atoms with Gasteiger partial charge in [-0.2, -0.15) is 0 Å². The number of amides is 1. The van der Waals surface area contributed by atoms with Crippen LogP contribution in [0.15, 0.2) is 12.1 Å². The van der Waals surface area contributed by atoms with Crippen LogP contribution in [0.25, 0.3) is 0 Å². The normalized spacial score (nSPS) is 25.9. The van der Waals surface area contributed by atoms with Crippen molar-refractivity contribution in [2.75, 3.05) is 6.54 Å². The van der Waals surface area contributed by atoms with Gasteiger partial charge in [0.15, 0.2) is 5.82 Å². The topological polar surface area (TPSA) is 53.4 Å². The first kappa shape index (κ1) is 16.0. The standard InChI is InChI=1S/C14H14F3IN2O2/c15-8-3-4-9(19-10(8)18)11(21)20-7-14(16,17)12(22)13(20)5-1-2-6-13/h3-4,12,22H,1-2,5-7H2. The number of carbonyl (C=O) groups excluding carboxylic acids is 1. The van der Waals surface area contributed by atoms with E-state index >= 15 is 0 Å². The number of aromatic nitrogens is 1. The summed E-state index contributed by atoms with van der Waals surface area (Å²) in [5, 5.41) is 10.0. The van der Waals surface area contributed by atoms with Crippen LogP contribution in [0.2, 0.25) is 0 Å². The molecule has 1 unspecified atom stereocenters. The lowest BCUT2D eigenvalue weighted by Gasteiger charge is -2.36. The number of aliphatic hydroxyl groups is 1. The Morgan fingerprint density at radius 3 is 2.59 bits per heavy atom. The van der Waals surface area contributed by atoms with Crippen molar-refractivity contribution in [2.24, 2.45) is 0 Å². The summed E-state index contributed by atoms with van der Waals surface area (Å²) in [6, 6.07) is 2.28. The number of halogens is 4. The fraction of sp³-hybridized carbons (Fsp3) is 0.571. The molecule has 1 N–H and O–H groups in total. The number of nitrogens with zero attached hydrogens (tertiary/aromatic N) is 2. The highest BCUT2D eigenvalue weighted by Crippen LogP contribution is 2.49. The van der Waals surface area contributed by atoms with E-state index in [9.17, 15) is 23.1 Å². The molecule has 2 heterocycles. The van der Waals surface area contributed by atoms with Crippen molar-refractivity contribution in [3.05, 3.63) is 27.3 Å². The molecule has 1 spiro atoms. The van der Waals surface area contributed by atoms with Gasteiger partial charge in [-0.1, -0.05) is 12.8 Å². The summed E-state index contributed by atoms with van der Waals surface area (Å²) >= 11 is 1.64. The molecule has 1 atom stereocenters. The van der Waals surface area contributed by atoms with Crippen molar-refractivity contribution in [1.82, 2.24) is 9.88 Å². The summed E-state index contributed by atoms with van der Waals surface area (Å²) in [6.07, 6.45) is 0.184. The highest BCUT2D eigenvalue weighted by molar-refractivity contribution is 14.1. The molecule has 120 valence electrons. The number of pyridine rings is 1. The maximum atomic E-state index is 14.0. The first-order chi connectivity index (χ1) is 10.3. The van der Waals surface area contributed by atoms with Crippen LogP contribution in [0, 0.1) is 9.52 Å². The van der Waals surface area contributed by atoms with E-state index in [4.69, 9.17) is 0 Å². The predicted octanol–water partition coefficient (Wildman–Crippen LogP) is 2.59. The molecule has 0 radical (unpaired) electrons. The van der Waals surface area contributed by atoms with Gasteiger partial charge in [0.05, 0.1) is 12.1 Å². The number of hydrogen-bond acceptors (Lipinski definition) is 3. The molecule has 22 heavy (non-hydrogen) atoms. The third-order valence-corrected chi connectivity index (χ3v) is 5.31. The quantitative estimate of drug-likeness (QED) is 0.555. The molecule has 4 nitrogen and oxygen atoms in total. The lowest BCUT2D eigenvalue weighted by molar-refractivity contribution is -0.0959. The van der Waals surface area contributed by atoms with Gasteiger partial charge in [0.25, 0.3) is 11.8 Å². The number of hydrogen-bond donors (Lipinski definition) is 1. The smallest absolute Gasteiger partial charge is 0.292 e. The Morgan fingerprint density at radius 2 is 2.00 bits per heavy atom. The van der Waals surface area contributed by atoms with E-state index in [0.29, 0.717) is 25.7 Å². The molecular formula is C14H14F3IN2O2. The summed E-state index contributed by atoms with van der Waals surface area (Å²) in [7, 11) is 0. The second-order valence-electron chi connectivity index (χ2n) is 5.83. The average molecular weight is 426 g/mol. The van der Waals surface area contributed by atoms with Crippen molar-refractivity contribution < 1.29 is 23.1 Å². The fourth-order valence-corrected chi connectivity index (χ4v) is 3.91. The Hall–Kier alpha value is -0.900. The molecule has 1 saturated carbocycles. The Morgan fingerprint density at radius 1 is 1.36 bits per heavy atom. The number of alkyl halides is 2. The molecule has 3 rings (SSSR count). The average Bonchev–Trinajstić information content (AvgIpc) is 3.02. The van der Waals surface area contributed by atoms with Crippen LogP contribution in [0.1, 0.15) is 36.2 Å². The third-order valence-electron chi connectivity index (χ3n) is 4.55. The van der Waals surface area contributed by atoms with Gasteiger partial charge in [-0.15, -0.1) is 0 Å². The van der Waals surface area contributed by atoms with Crippen molar-refractivity contribution in [1.29, 1.82) is 0 Å². The lowest BCUT2D eigenvalue weighted by atomic mass is 9.90. The summed E-state index contributed by atoms with van der Waals surface area (Å²) in [4.78, 5) is 17.5. The van der Waals surface area contributed by atoms with Gasteiger partial charge in [0.2, 0.25) is 0 Å². The SMILES string of the molecule is O=C(c1ccc(F)c(I)n1)N1CC(F)(F)C(O)C12CCCC2. The zero-order valence-corrected chi connectivity index (χ0v) is 13.7. The van der Waals surface area contributed by atoms with Crippen LogP contribution in [-0.4, -0.2) is 45.0 Å². The van der Waals surface area contributed by atoms with Crippen LogP contribution in [0.3, 0.4) is 0 Å². The van der Waals surface area contributed by atoms with E-state index in [1.165, 1.54) is 6.07 Å². The van der Waals surface area contributed by atoms with Gasteiger partial charge >= 0.3 is 0 Å². The molecular weight excluding hydrogens is 412 g/mol. The first-order valence-corrected chi connectivity index (χ1v) is 8.06. The number of carbonyl (C=O) groups is 1. The second-order valence-corrected chi connectivity index (χ2v) is 6.86. The third kappa shape index (κ3) is 2.31. The summed E-state index contributed by atoms with van der Waals surface area (Å²) in [6.45, 7) is -0.831. The molecule has 0 aromatic carbocycles. The van der Waals surface area contributed by atoms with E-state index < -0.39 is 35.8 Å². The zero-order valence-electron chi connectivity index (χ0n) is 11.5. The van der Waals surface area contributed by atoms with E-state index in [2.05, 4.69) is 4.98 Å². The van der Waals surface area contributed by atoms with Crippen molar-refractivity contribution in [3.63, 3.8) is 0 Å². The highest BCUT2D eigenvalue weighted by Gasteiger charge is 2.64. The van der Waals surface area contributed by atoms with Crippen molar-refractivity contribution >= 4 is 28.5 Å². The molecule has 2 fully saturated rings. The maximum Gasteiger partial charge on any atom is 0.292 e. The van der Waals surface area contributed by atoms with E-state index in [0.717, 1.165) is 11.0 Å². The van der Waals surface area contributed by atoms with Gasteiger partial charge < -0.3 is 10.0 Å². The fourth-order valence-electron chi connectivity index (χ4n) is 3.47. The summed E-state index contributed by atoms with van der Waals surface area (Å²) in [5.41, 5.74) is -1.32. The molecule has 1 saturated heterocycles. The molecule has 0 bridgehead atoms. The van der Waals surface area contributed by atoms with Gasteiger partial charge in [-0.3, -0.25) is 4.79 Å². The first-order valence-electron chi connectivity index (χ1n) is 6.98. The Kier molecular flexibility index (Phi) is 3.87. The minimum Gasteiger partial charge on any atom is -0.384 e. The Balaban J connectivity index is 1.98. The molecule has 1 aliphatic heterocycles. The largest absolute Gasteiger partial charge is 0.384 e. The summed E-state index contributed by atoms with van der Waals surface area (Å²) in [5.74, 6) is -4.59. The van der Waals surface area contributed by atoms with Crippen molar-refractivity contribution in [3.8, 4) is 0 Å². The summed E-state index contributed by atoms with van der Waals surface area (Å²) < 4.78 is 41.2. The monoisotopic (exact) mass is 426 g/mol. The van der Waals surface area contributed by atoms with Crippen molar-refractivity contribution in [2.45, 2.75) is 43.2 Å². The van der Waals surface area contributed by atoms with Crippen LogP contribution in [-0.2, 0) is 0 Å². The molecule has 1 aliphatic carbocycles. The molecule has 1 aromatic heterocycles. The van der Waals surface area contributed by atoms with Crippen LogP contribution >= 0.6 is 22.6 Å². The van der Waals surface area contributed by atoms with Gasteiger partial charge in [-0.25, -0.2) is 18.2 Å². The Bertz CT molecular complexity index is 620.